The Bertz CT molecular complexity index is 814. The molecule has 0 saturated carbocycles. The van der Waals surface area contributed by atoms with Gasteiger partial charge < -0.3 is 4.42 Å². The van der Waals surface area contributed by atoms with E-state index < -0.39 is 0 Å². The normalized spacial score (nSPS) is 11.3. The van der Waals surface area contributed by atoms with Crippen LogP contribution in [0, 0.1) is 5.51 Å². The third kappa shape index (κ3) is 1.36. The van der Waals surface area contributed by atoms with E-state index in [1.54, 1.807) is 0 Å². The first-order valence-corrected chi connectivity index (χ1v) is 6.35. The molecule has 0 bridgehead atoms. The van der Waals surface area contributed by atoms with Gasteiger partial charge in [-0.05, 0) is 24.3 Å². The standard InChI is InChI=1S/C14H7N2OS/c1-2-6-11-10(5-1)16-14(17-11)9-4-3-7-12-13(9)15-8-18-12/h1-7H. The fourth-order valence-corrected chi connectivity index (χ4v) is 2.63. The molecule has 4 aromatic rings. The largest absolute Gasteiger partial charge is 0.436 e. The van der Waals surface area contributed by atoms with Gasteiger partial charge in [-0.15, -0.1) is 11.3 Å². The zero-order valence-electron chi connectivity index (χ0n) is 9.25. The number of fused-ring (bicyclic) bond motifs is 2. The Morgan fingerprint density at radius 2 is 2.00 bits per heavy atom. The summed E-state index contributed by atoms with van der Waals surface area (Å²) in [6, 6.07) is 13.7. The maximum absolute atomic E-state index is 5.77. The molecule has 18 heavy (non-hydrogen) atoms. The van der Waals surface area contributed by atoms with Crippen molar-refractivity contribution in [1.82, 2.24) is 9.97 Å². The lowest BCUT2D eigenvalue weighted by atomic mass is 10.2. The maximum Gasteiger partial charge on any atom is 0.229 e. The van der Waals surface area contributed by atoms with Crippen LogP contribution in [-0.4, -0.2) is 9.97 Å². The minimum absolute atomic E-state index is 0.612. The topological polar surface area (TPSA) is 38.9 Å². The second-order valence-corrected chi connectivity index (χ2v) is 4.77. The summed E-state index contributed by atoms with van der Waals surface area (Å²) in [6.07, 6.45) is 0. The van der Waals surface area contributed by atoms with Crippen molar-refractivity contribution >= 4 is 32.7 Å². The third-order valence-electron chi connectivity index (χ3n) is 2.84. The molecule has 0 aliphatic carbocycles. The number of aromatic nitrogens is 2. The van der Waals surface area contributed by atoms with E-state index in [0.717, 1.165) is 26.9 Å². The Labute approximate surface area is 107 Å². The van der Waals surface area contributed by atoms with Crippen LogP contribution in [0.4, 0.5) is 0 Å². The van der Waals surface area contributed by atoms with Crippen LogP contribution >= 0.6 is 11.3 Å². The fourth-order valence-electron chi connectivity index (χ4n) is 2.00. The molecule has 1 radical (unpaired) electrons. The number of hydrogen-bond donors (Lipinski definition) is 0. The molecule has 2 heterocycles. The van der Waals surface area contributed by atoms with E-state index in [2.05, 4.69) is 15.5 Å². The van der Waals surface area contributed by atoms with Crippen LogP contribution < -0.4 is 0 Å². The van der Waals surface area contributed by atoms with Gasteiger partial charge in [-0.3, -0.25) is 0 Å². The van der Waals surface area contributed by atoms with Crippen LogP contribution in [0.2, 0.25) is 0 Å². The van der Waals surface area contributed by atoms with Gasteiger partial charge in [-0.2, -0.15) is 0 Å². The lowest BCUT2D eigenvalue weighted by molar-refractivity contribution is 0.620. The van der Waals surface area contributed by atoms with Crippen molar-refractivity contribution < 1.29 is 4.42 Å². The maximum atomic E-state index is 5.77. The molecule has 4 heteroatoms. The van der Waals surface area contributed by atoms with Crippen molar-refractivity contribution in [3.05, 3.63) is 48.0 Å². The van der Waals surface area contributed by atoms with Crippen molar-refractivity contribution in [2.24, 2.45) is 0 Å². The van der Waals surface area contributed by atoms with E-state index in [0.29, 0.717) is 5.89 Å². The first kappa shape index (κ1) is 9.79. The number of oxazole rings is 1. The minimum Gasteiger partial charge on any atom is -0.436 e. The third-order valence-corrected chi connectivity index (χ3v) is 3.57. The summed E-state index contributed by atoms with van der Waals surface area (Å²) in [6.45, 7) is 0. The molecular formula is C14H7N2OS. The van der Waals surface area contributed by atoms with E-state index in [1.807, 2.05) is 42.5 Å². The molecule has 2 aromatic heterocycles. The van der Waals surface area contributed by atoms with Crippen molar-refractivity contribution in [2.45, 2.75) is 0 Å². The molecule has 2 aromatic carbocycles. The van der Waals surface area contributed by atoms with Gasteiger partial charge in [0.15, 0.2) is 11.1 Å². The van der Waals surface area contributed by atoms with Gasteiger partial charge in [0.05, 0.1) is 15.8 Å². The van der Waals surface area contributed by atoms with Crippen molar-refractivity contribution in [3.63, 3.8) is 0 Å². The lowest BCUT2D eigenvalue weighted by Gasteiger charge is -1.95. The molecule has 3 nitrogen and oxygen atoms in total. The number of rotatable bonds is 1. The SMILES string of the molecule is [c]1nc2c(-c3nc4ccccc4o3)cccc2s1. The summed E-state index contributed by atoms with van der Waals surface area (Å²) in [5.41, 5.74) is 6.38. The Kier molecular flexibility index (Phi) is 1.98. The van der Waals surface area contributed by atoms with Gasteiger partial charge >= 0.3 is 0 Å². The summed E-state index contributed by atoms with van der Waals surface area (Å²) in [5.74, 6) is 0.612. The average molecular weight is 251 g/mol. The van der Waals surface area contributed by atoms with E-state index >= 15 is 0 Å². The van der Waals surface area contributed by atoms with E-state index in [1.165, 1.54) is 11.3 Å². The second kappa shape index (κ2) is 3.65. The van der Waals surface area contributed by atoms with Gasteiger partial charge in [-0.25, -0.2) is 9.97 Å². The molecule has 0 fully saturated rings. The highest BCUT2D eigenvalue weighted by atomic mass is 32.1. The molecule has 0 spiro atoms. The van der Waals surface area contributed by atoms with Crippen LogP contribution in [0.1, 0.15) is 0 Å². The molecule has 85 valence electrons. The van der Waals surface area contributed by atoms with Crippen LogP contribution in [-0.2, 0) is 0 Å². The average Bonchev–Trinajstić information content (AvgIpc) is 3.04. The highest BCUT2D eigenvalue weighted by Crippen LogP contribution is 2.30. The van der Waals surface area contributed by atoms with Crippen LogP contribution in [0.5, 0.6) is 0 Å². The quantitative estimate of drug-likeness (QED) is 0.515. The highest BCUT2D eigenvalue weighted by molar-refractivity contribution is 7.16. The highest BCUT2D eigenvalue weighted by Gasteiger charge is 2.12. The Morgan fingerprint density at radius 3 is 2.94 bits per heavy atom. The molecule has 4 rings (SSSR count). The minimum atomic E-state index is 0.612. The van der Waals surface area contributed by atoms with Gasteiger partial charge in [0.1, 0.15) is 5.52 Å². The summed E-state index contributed by atoms with van der Waals surface area (Å²) < 4.78 is 6.86. The zero-order valence-corrected chi connectivity index (χ0v) is 10.1. The fraction of sp³-hybridized carbons (Fsp3) is 0. The van der Waals surface area contributed by atoms with E-state index in [-0.39, 0.29) is 0 Å². The van der Waals surface area contributed by atoms with Crippen molar-refractivity contribution in [1.29, 1.82) is 0 Å². The van der Waals surface area contributed by atoms with Gasteiger partial charge in [0.25, 0.3) is 0 Å². The number of nitrogens with zero attached hydrogens (tertiary/aromatic N) is 2. The first-order valence-electron chi connectivity index (χ1n) is 5.53. The Balaban J connectivity index is 2.04. The monoisotopic (exact) mass is 251 g/mol. The van der Waals surface area contributed by atoms with Crippen LogP contribution in [0.15, 0.2) is 46.9 Å². The Hall–Kier alpha value is -2.20. The predicted octanol–water partition coefficient (Wildman–Crippen LogP) is 3.90. The van der Waals surface area contributed by atoms with Crippen molar-refractivity contribution in [3.8, 4) is 11.5 Å². The zero-order chi connectivity index (χ0) is 11.9. The number of thiazole rings is 1. The smallest absolute Gasteiger partial charge is 0.229 e. The first-order chi connectivity index (χ1) is 8.92. The van der Waals surface area contributed by atoms with Crippen molar-refractivity contribution in [2.75, 3.05) is 0 Å². The number of hydrogen-bond acceptors (Lipinski definition) is 4. The predicted molar refractivity (Wildman–Crippen MR) is 71.5 cm³/mol. The van der Waals surface area contributed by atoms with Crippen LogP contribution in [0.3, 0.4) is 0 Å². The molecule has 0 unspecified atom stereocenters. The van der Waals surface area contributed by atoms with Gasteiger partial charge in [0.2, 0.25) is 5.89 Å². The molecule has 0 N–H and O–H groups in total. The lowest BCUT2D eigenvalue weighted by Crippen LogP contribution is -1.79. The molecular weight excluding hydrogens is 244 g/mol. The van der Waals surface area contributed by atoms with Gasteiger partial charge in [-0.1, -0.05) is 18.2 Å². The summed E-state index contributed by atoms with van der Waals surface area (Å²) in [7, 11) is 0. The second-order valence-electron chi connectivity index (χ2n) is 3.94. The molecule has 0 amide bonds. The molecule has 0 atom stereocenters. The molecule has 0 aliphatic rings. The van der Waals surface area contributed by atoms with E-state index in [9.17, 15) is 0 Å². The molecule has 0 saturated heterocycles. The summed E-state index contributed by atoms with van der Waals surface area (Å²) in [5, 5.41) is 0. The molecule has 0 aliphatic heterocycles. The summed E-state index contributed by atoms with van der Waals surface area (Å²) in [4.78, 5) is 8.76. The number of benzene rings is 2. The van der Waals surface area contributed by atoms with E-state index in [4.69, 9.17) is 4.42 Å². The Morgan fingerprint density at radius 1 is 1.06 bits per heavy atom. The number of para-hydroxylation sites is 3. The van der Waals surface area contributed by atoms with Crippen LogP contribution in [0.25, 0.3) is 32.8 Å². The van der Waals surface area contributed by atoms with Gasteiger partial charge in [0, 0.05) is 0 Å². The summed E-state index contributed by atoms with van der Waals surface area (Å²) >= 11 is 1.50.